The lowest BCUT2D eigenvalue weighted by molar-refractivity contribution is -0.118. The standard InChI is InChI=1S/C24H25NO2/c1-16-14-20-19(21(26)15-16)12-13-22-25(20)23(17-8-4-2-5-9-17)24(27-22)18-10-6-3-7-11-18/h2-11,16,22-24H,12-15H2,1H3/t16-,22-,23-,24+/m0/s1. The first kappa shape index (κ1) is 16.8. The maximum atomic E-state index is 12.7. The highest BCUT2D eigenvalue weighted by molar-refractivity contribution is 5.97. The molecule has 0 N–H and O–H groups in total. The van der Waals surface area contributed by atoms with Gasteiger partial charge in [-0.25, -0.2) is 0 Å². The molecule has 3 aliphatic rings. The molecular formula is C24H25NO2. The molecule has 4 atom stereocenters. The van der Waals surface area contributed by atoms with Crippen LogP contribution in [0.2, 0.25) is 0 Å². The van der Waals surface area contributed by atoms with E-state index in [0.29, 0.717) is 18.1 Å². The van der Waals surface area contributed by atoms with Crippen LogP contribution in [0.3, 0.4) is 0 Å². The summed E-state index contributed by atoms with van der Waals surface area (Å²) < 4.78 is 6.62. The Morgan fingerprint density at radius 2 is 1.59 bits per heavy atom. The molecule has 0 amide bonds. The van der Waals surface area contributed by atoms with Gasteiger partial charge in [-0.05, 0) is 36.3 Å². The third kappa shape index (κ3) is 2.81. The molecule has 2 aromatic carbocycles. The molecule has 1 fully saturated rings. The summed E-state index contributed by atoms with van der Waals surface area (Å²) >= 11 is 0. The second-order valence-electron chi connectivity index (χ2n) is 8.09. The molecule has 1 saturated heterocycles. The van der Waals surface area contributed by atoms with Gasteiger partial charge in [0.15, 0.2) is 5.78 Å². The smallest absolute Gasteiger partial charge is 0.160 e. The number of carbonyl (C=O) groups is 1. The van der Waals surface area contributed by atoms with Crippen molar-refractivity contribution >= 4 is 5.78 Å². The Bertz CT molecular complexity index is 874. The number of ether oxygens (including phenoxy) is 1. The number of hydrogen-bond donors (Lipinski definition) is 0. The van der Waals surface area contributed by atoms with Crippen molar-refractivity contribution in [3.63, 3.8) is 0 Å². The SMILES string of the molecule is C[C@@H]1CC(=O)C2=C(C1)N1[C@H](CC2)O[C@H](c2ccccc2)[C@@H]1c1ccccc1. The molecule has 0 bridgehead atoms. The lowest BCUT2D eigenvalue weighted by atomic mass is 9.81. The summed E-state index contributed by atoms with van der Waals surface area (Å²) in [6.45, 7) is 2.19. The average Bonchev–Trinajstić information content (AvgIpc) is 3.09. The number of benzene rings is 2. The van der Waals surface area contributed by atoms with E-state index in [1.54, 1.807) is 0 Å². The zero-order chi connectivity index (χ0) is 18.4. The highest BCUT2D eigenvalue weighted by Gasteiger charge is 2.48. The fourth-order valence-corrected chi connectivity index (χ4v) is 5.01. The predicted octanol–water partition coefficient (Wildman–Crippen LogP) is 5.17. The number of allylic oxidation sites excluding steroid dienone is 2. The minimum Gasteiger partial charge on any atom is -0.348 e. The predicted molar refractivity (Wildman–Crippen MR) is 105 cm³/mol. The number of Topliss-reactive ketones (excluding diaryl/α,β-unsaturated/α-hetero) is 1. The van der Waals surface area contributed by atoms with Crippen LogP contribution >= 0.6 is 0 Å². The third-order valence-electron chi connectivity index (χ3n) is 6.18. The van der Waals surface area contributed by atoms with E-state index in [4.69, 9.17) is 4.74 Å². The fourth-order valence-electron chi connectivity index (χ4n) is 5.01. The Kier molecular flexibility index (Phi) is 4.13. The van der Waals surface area contributed by atoms with Gasteiger partial charge in [-0.15, -0.1) is 0 Å². The third-order valence-corrected chi connectivity index (χ3v) is 6.18. The molecule has 0 spiro atoms. The van der Waals surface area contributed by atoms with Crippen LogP contribution in [0.4, 0.5) is 0 Å². The number of ketones is 1. The van der Waals surface area contributed by atoms with Gasteiger partial charge in [-0.2, -0.15) is 0 Å². The number of carbonyl (C=O) groups excluding carboxylic acids is 1. The Morgan fingerprint density at radius 1 is 0.926 bits per heavy atom. The number of rotatable bonds is 2. The van der Waals surface area contributed by atoms with E-state index >= 15 is 0 Å². The second-order valence-corrected chi connectivity index (χ2v) is 8.09. The van der Waals surface area contributed by atoms with E-state index in [9.17, 15) is 4.79 Å². The zero-order valence-electron chi connectivity index (χ0n) is 15.7. The molecule has 138 valence electrons. The number of nitrogens with zero attached hydrogens (tertiary/aromatic N) is 1. The van der Waals surface area contributed by atoms with Crippen LogP contribution in [0, 0.1) is 5.92 Å². The first-order valence-electron chi connectivity index (χ1n) is 10.0. The monoisotopic (exact) mass is 359 g/mol. The molecule has 5 rings (SSSR count). The van der Waals surface area contributed by atoms with Crippen LogP contribution < -0.4 is 0 Å². The Balaban J connectivity index is 1.63. The summed E-state index contributed by atoms with van der Waals surface area (Å²) in [6.07, 6.45) is 3.45. The Hall–Kier alpha value is -2.39. The van der Waals surface area contributed by atoms with E-state index in [2.05, 4.69) is 66.4 Å². The van der Waals surface area contributed by atoms with E-state index in [1.165, 1.54) is 16.8 Å². The van der Waals surface area contributed by atoms with Gasteiger partial charge in [-0.1, -0.05) is 67.6 Å². The van der Waals surface area contributed by atoms with Crippen LogP contribution in [0.25, 0.3) is 0 Å². The van der Waals surface area contributed by atoms with Crippen LogP contribution in [0.1, 0.15) is 55.9 Å². The van der Waals surface area contributed by atoms with Crippen molar-refractivity contribution in [2.45, 2.75) is 51.0 Å². The molecule has 3 heteroatoms. The summed E-state index contributed by atoms with van der Waals surface area (Å²) in [5, 5.41) is 0. The summed E-state index contributed by atoms with van der Waals surface area (Å²) in [4.78, 5) is 15.1. The highest BCUT2D eigenvalue weighted by atomic mass is 16.5. The van der Waals surface area contributed by atoms with Crippen LogP contribution in [0.15, 0.2) is 71.9 Å². The van der Waals surface area contributed by atoms with Crippen molar-refractivity contribution in [2.75, 3.05) is 0 Å². The quantitative estimate of drug-likeness (QED) is 0.740. The maximum Gasteiger partial charge on any atom is 0.160 e. The van der Waals surface area contributed by atoms with Crippen molar-refractivity contribution in [2.24, 2.45) is 5.92 Å². The second kappa shape index (κ2) is 6.65. The van der Waals surface area contributed by atoms with Gasteiger partial charge in [0.05, 0.1) is 6.04 Å². The van der Waals surface area contributed by atoms with Crippen LogP contribution in [-0.4, -0.2) is 16.9 Å². The Labute approximate surface area is 160 Å². The topological polar surface area (TPSA) is 29.5 Å². The van der Waals surface area contributed by atoms with E-state index < -0.39 is 0 Å². The van der Waals surface area contributed by atoms with Crippen molar-refractivity contribution in [1.82, 2.24) is 4.90 Å². The summed E-state index contributed by atoms with van der Waals surface area (Å²) in [7, 11) is 0. The minimum atomic E-state index is -0.0159. The van der Waals surface area contributed by atoms with Crippen molar-refractivity contribution < 1.29 is 9.53 Å². The van der Waals surface area contributed by atoms with Crippen molar-refractivity contribution in [3.05, 3.63) is 83.1 Å². The molecule has 0 aromatic heterocycles. The van der Waals surface area contributed by atoms with E-state index in [0.717, 1.165) is 24.8 Å². The summed E-state index contributed by atoms with van der Waals surface area (Å²) in [6, 6.07) is 21.3. The van der Waals surface area contributed by atoms with Gasteiger partial charge >= 0.3 is 0 Å². The van der Waals surface area contributed by atoms with Crippen LogP contribution in [0.5, 0.6) is 0 Å². The van der Waals surface area contributed by atoms with Gasteiger partial charge < -0.3 is 9.64 Å². The molecule has 1 aliphatic carbocycles. The van der Waals surface area contributed by atoms with Gasteiger partial charge in [-0.3, -0.25) is 4.79 Å². The zero-order valence-corrected chi connectivity index (χ0v) is 15.7. The van der Waals surface area contributed by atoms with Crippen LogP contribution in [-0.2, 0) is 9.53 Å². The first-order chi connectivity index (χ1) is 13.2. The van der Waals surface area contributed by atoms with Gasteiger partial charge in [0.25, 0.3) is 0 Å². The number of hydrogen-bond acceptors (Lipinski definition) is 3. The molecule has 27 heavy (non-hydrogen) atoms. The van der Waals surface area contributed by atoms with Gasteiger partial charge in [0.2, 0.25) is 0 Å². The van der Waals surface area contributed by atoms with E-state index in [-0.39, 0.29) is 18.4 Å². The lowest BCUT2D eigenvalue weighted by Crippen LogP contribution is -2.39. The van der Waals surface area contributed by atoms with E-state index in [1.807, 2.05) is 6.07 Å². The molecule has 2 heterocycles. The average molecular weight is 359 g/mol. The molecule has 2 aliphatic heterocycles. The Morgan fingerprint density at radius 3 is 2.30 bits per heavy atom. The van der Waals surface area contributed by atoms with Gasteiger partial charge in [0.1, 0.15) is 12.3 Å². The first-order valence-corrected chi connectivity index (χ1v) is 10.0. The molecule has 0 radical (unpaired) electrons. The molecule has 2 aromatic rings. The largest absolute Gasteiger partial charge is 0.348 e. The minimum absolute atomic E-state index is 0.0159. The highest BCUT2D eigenvalue weighted by Crippen LogP contribution is 2.52. The summed E-state index contributed by atoms with van der Waals surface area (Å²) in [5.74, 6) is 0.749. The van der Waals surface area contributed by atoms with Crippen molar-refractivity contribution in [1.29, 1.82) is 0 Å². The summed E-state index contributed by atoms with van der Waals surface area (Å²) in [5.41, 5.74) is 4.76. The molecule has 0 unspecified atom stereocenters. The number of fused-ring (bicyclic) bond motifs is 2. The lowest BCUT2D eigenvalue weighted by Gasteiger charge is -2.41. The fraction of sp³-hybridized carbons (Fsp3) is 0.375. The molecule has 0 saturated carbocycles. The van der Waals surface area contributed by atoms with Crippen molar-refractivity contribution in [3.8, 4) is 0 Å². The van der Waals surface area contributed by atoms with Gasteiger partial charge in [0, 0.05) is 17.7 Å². The molecular weight excluding hydrogens is 334 g/mol. The normalized spacial score (nSPS) is 30.3. The molecule has 3 nitrogen and oxygen atoms in total. The maximum absolute atomic E-state index is 12.7.